The molecule has 0 saturated heterocycles. The number of pyridine rings is 1. The van der Waals surface area contributed by atoms with E-state index in [2.05, 4.69) is 43.1 Å². The number of ether oxygens (including phenoxy) is 1. The lowest BCUT2D eigenvalue weighted by Crippen LogP contribution is -2.35. The van der Waals surface area contributed by atoms with Gasteiger partial charge in [0.15, 0.2) is 6.61 Å². The fraction of sp³-hybridized carbons (Fsp3) is 0.250. The maximum Gasteiger partial charge on any atom is 0.266 e. The molecule has 0 spiro atoms. The minimum absolute atomic E-state index is 0.0362. The van der Waals surface area contributed by atoms with Crippen molar-refractivity contribution in [1.82, 2.24) is 4.98 Å². The van der Waals surface area contributed by atoms with Gasteiger partial charge >= 0.3 is 0 Å². The average Bonchev–Trinajstić information content (AvgIpc) is 2.72. The molecule has 0 fully saturated rings. The molecule has 1 heterocycles. The maximum absolute atomic E-state index is 13.0. The minimum Gasteiger partial charge on any atom is -0.483 e. The fourth-order valence-electron chi connectivity index (χ4n) is 2.94. The molecule has 0 aliphatic rings. The fourth-order valence-corrected chi connectivity index (χ4v) is 2.94. The van der Waals surface area contributed by atoms with Gasteiger partial charge in [0.05, 0.1) is 6.54 Å². The largest absolute Gasteiger partial charge is 0.483 e. The second-order valence-electron chi connectivity index (χ2n) is 7.12. The van der Waals surface area contributed by atoms with E-state index in [1.54, 1.807) is 11.1 Å². The molecule has 0 aliphatic carbocycles. The van der Waals surface area contributed by atoms with Gasteiger partial charge in [-0.3, -0.25) is 9.69 Å². The monoisotopic (exact) mass is 374 g/mol. The maximum atomic E-state index is 13.0. The summed E-state index contributed by atoms with van der Waals surface area (Å²) in [5.41, 5.74) is 3.34. The zero-order valence-corrected chi connectivity index (χ0v) is 16.6. The molecule has 0 bridgehead atoms. The number of carbonyl (C=O) groups is 1. The van der Waals surface area contributed by atoms with Crippen LogP contribution in [0, 0.1) is 6.92 Å². The average molecular weight is 374 g/mol. The Morgan fingerprint density at radius 3 is 2.36 bits per heavy atom. The molecule has 0 atom stereocenters. The number of hydrogen-bond donors (Lipinski definition) is 0. The highest BCUT2D eigenvalue weighted by atomic mass is 16.5. The summed E-state index contributed by atoms with van der Waals surface area (Å²) in [5, 5.41) is 0. The van der Waals surface area contributed by atoms with Crippen molar-refractivity contribution >= 4 is 11.7 Å². The molecular formula is C24H26N2O2. The van der Waals surface area contributed by atoms with E-state index in [1.165, 1.54) is 5.56 Å². The summed E-state index contributed by atoms with van der Waals surface area (Å²) in [7, 11) is 0. The Morgan fingerprint density at radius 2 is 1.71 bits per heavy atom. The van der Waals surface area contributed by atoms with Crippen LogP contribution in [0.15, 0.2) is 72.9 Å². The number of aryl methyl sites for hydroxylation is 1. The molecule has 0 radical (unpaired) electrons. The number of benzene rings is 2. The van der Waals surface area contributed by atoms with Crippen LogP contribution in [0.2, 0.25) is 0 Å². The number of nitrogens with zero attached hydrogens (tertiary/aromatic N) is 2. The van der Waals surface area contributed by atoms with E-state index in [-0.39, 0.29) is 12.5 Å². The predicted molar refractivity (Wildman–Crippen MR) is 113 cm³/mol. The molecular weight excluding hydrogens is 348 g/mol. The van der Waals surface area contributed by atoms with Crippen LogP contribution in [0.25, 0.3) is 0 Å². The Morgan fingerprint density at radius 1 is 1.00 bits per heavy atom. The van der Waals surface area contributed by atoms with Crippen molar-refractivity contribution in [3.63, 3.8) is 0 Å². The van der Waals surface area contributed by atoms with Crippen molar-refractivity contribution in [2.45, 2.75) is 33.2 Å². The van der Waals surface area contributed by atoms with Crippen LogP contribution in [0.3, 0.4) is 0 Å². The predicted octanol–water partition coefficient (Wildman–Crippen LogP) is 5.13. The van der Waals surface area contributed by atoms with Crippen LogP contribution in [0.4, 0.5) is 5.82 Å². The lowest BCUT2D eigenvalue weighted by atomic mass is 10.0. The van der Waals surface area contributed by atoms with Crippen LogP contribution in [0.5, 0.6) is 5.75 Å². The zero-order valence-electron chi connectivity index (χ0n) is 16.6. The molecule has 3 aromatic rings. The van der Waals surface area contributed by atoms with Gasteiger partial charge in [-0.1, -0.05) is 62.4 Å². The number of rotatable bonds is 7. The first-order valence-electron chi connectivity index (χ1n) is 9.53. The van der Waals surface area contributed by atoms with Gasteiger partial charge in [-0.25, -0.2) is 4.98 Å². The summed E-state index contributed by atoms with van der Waals surface area (Å²) in [6.07, 6.45) is 1.69. The number of aromatic nitrogens is 1. The standard InChI is InChI=1S/C24H26N2O2/c1-18(2)21-13-11-20(12-14-21)16-26(23-10-6-7-15-25-23)24(27)17-28-22-9-5-4-8-19(22)3/h4-15,18H,16-17H2,1-3H3. The quantitative estimate of drug-likeness (QED) is 0.576. The molecule has 0 N–H and O–H groups in total. The normalized spacial score (nSPS) is 10.7. The van der Waals surface area contributed by atoms with Gasteiger partial charge in [0.2, 0.25) is 0 Å². The van der Waals surface area contributed by atoms with Gasteiger partial charge in [-0.2, -0.15) is 0 Å². The van der Waals surface area contributed by atoms with Gasteiger partial charge in [0, 0.05) is 6.20 Å². The Labute approximate surface area is 166 Å². The third-order valence-electron chi connectivity index (χ3n) is 4.66. The summed E-state index contributed by atoms with van der Waals surface area (Å²) < 4.78 is 5.77. The second-order valence-corrected chi connectivity index (χ2v) is 7.12. The molecule has 144 valence electrons. The van der Waals surface area contributed by atoms with E-state index in [0.29, 0.717) is 18.3 Å². The van der Waals surface area contributed by atoms with Crippen LogP contribution in [-0.4, -0.2) is 17.5 Å². The number of carbonyl (C=O) groups excluding carboxylic acids is 1. The van der Waals surface area contributed by atoms with Crippen molar-refractivity contribution < 1.29 is 9.53 Å². The number of para-hydroxylation sites is 1. The first kappa shape index (κ1) is 19.6. The van der Waals surface area contributed by atoms with Crippen molar-refractivity contribution in [3.8, 4) is 5.75 Å². The molecule has 0 unspecified atom stereocenters. The molecule has 1 amide bonds. The second kappa shape index (κ2) is 9.18. The molecule has 4 nitrogen and oxygen atoms in total. The van der Waals surface area contributed by atoms with Crippen molar-refractivity contribution in [3.05, 3.63) is 89.6 Å². The molecule has 4 heteroatoms. The van der Waals surface area contributed by atoms with Crippen molar-refractivity contribution in [1.29, 1.82) is 0 Å². The number of amides is 1. The van der Waals surface area contributed by atoms with Gasteiger partial charge in [-0.15, -0.1) is 0 Å². The Balaban J connectivity index is 1.77. The van der Waals surface area contributed by atoms with Gasteiger partial charge < -0.3 is 4.74 Å². The molecule has 28 heavy (non-hydrogen) atoms. The zero-order chi connectivity index (χ0) is 19.9. The smallest absolute Gasteiger partial charge is 0.266 e. The van der Waals surface area contributed by atoms with Crippen molar-refractivity contribution in [2.75, 3.05) is 11.5 Å². The van der Waals surface area contributed by atoms with E-state index in [4.69, 9.17) is 4.74 Å². The Kier molecular flexibility index (Phi) is 6.43. The Bertz CT molecular complexity index is 905. The third-order valence-corrected chi connectivity index (χ3v) is 4.66. The summed E-state index contributed by atoms with van der Waals surface area (Å²) in [5.74, 6) is 1.69. The SMILES string of the molecule is Cc1ccccc1OCC(=O)N(Cc1ccc(C(C)C)cc1)c1ccccn1. The van der Waals surface area contributed by atoms with Crippen LogP contribution >= 0.6 is 0 Å². The first-order valence-corrected chi connectivity index (χ1v) is 9.53. The highest BCUT2D eigenvalue weighted by Crippen LogP contribution is 2.20. The lowest BCUT2D eigenvalue weighted by Gasteiger charge is -2.22. The van der Waals surface area contributed by atoms with E-state index in [1.807, 2.05) is 49.4 Å². The highest BCUT2D eigenvalue weighted by molar-refractivity contribution is 5.93. The summed E-state index contributed by atoms with van der Waals surface area (Å²) in [6, 6.07) is 21.6. The van der Waals surface area contributed by atoms with Gasteiger partial charge in [-0.05, 0) is 47.7 Å². The molecule has 1 aromatic heterocycles. The van der Waals surface area contributed by atoms with E-state index in [9.17, 15) is 4.79 Å². The van der Waals surface area contributed by atoms with Crippen molar-refractivity contribution in [2.24, 2.45) is 0 Å². The molecule has 0 saturated carbocycles. The van der Waals surface area contributed by atoms with Crippen LogP contribution < -0.4 is 9.64 Å². The lowest BCUT2D eigenvalue weighted by molar-refractivity contribution is -0.120. The van der Waals surface area contributed by atoms with Gasteiger partial charge in [0.1, 0.15) is 11.6 Å². The molecule has 3 rings (SSSR count). The van der Waals surface area contributed by atoms with E-state index < -0.39 is 0 Å². The van der Waals surface area contributed by atoms with E-state index in [0.717, 1.165) is 16.9 Å². The topological polar surface area (TPSA) is 42.4 Å². The first-order chi connectivity index (χ1) is 13.5. The Hall–Kier alpha value is -3.14. The molecule has 0 aliphatic heterocycles. The molecule has 2 aromatic carbocycles. The van der Waals surface area contributed by atoms with E-state index >= 15 is 0 Å². The minimum atomic E-state index is -0.130. The van der Waals surface area contributed by atoms with Crippen LogP contribution in [0.1, 0.15) is 36.5 Å². The highest BCUT2D eigenvalue weighted by Gasteiger charge is 2.18. The summed E-state index contributed by atoms with van der Waals surface area (Å²) in [4.78, 5) is 19.0. The number of hydrogen-bond acceptors (Lipinski definition) is 3. The van der Waals surface area contributed by atoms with Crippen LogP contribution in [-0.2, 0) is 11.3 Å². The summed E-state index contributed by atoms with van der Waals surface area (Å²) >= 11 is 0. The summed E-state index contributed by atoms with van der Waals surface area (Å²) in [6.45, 7) is 6.72. The number of anilines is 1. The van der Waals surface area contributed by atoms with Gasteiger partial charge in [0.25, 0.3) is 5.91 Å². The third kappa shape index (κ3) is 4.97.